The van der Waals surface area contributed by atoms with E-state index in [2.05, 4.69) is 15.3 Å². The molecule has 94 valence electrons. The first-order valence-electron chi connectivity index (χ1n) is 6.09. The van der Waals surface area contributed by atoms with Gasteiger partial charge in [0.25, 0.3) is 0 Å². The van der Waals surface area contributed by atoms with Gasteiger partial charge in [0.2, 0.25) is 0 Å². The second-order valence-electron chi connectivity index (χ2n) is 4.48. The van der Waals surface area contributed by atoms with E-state index in [0.717, 1.165) is 40.8 Å². The van der Waals surface area contributed by atoms with Gasteiger partial charge in [-0.25, -0.2) is 9.97 Å². The fraction of sp³-hybridized carbons (Fsp3) is 0.385. The largest absolute Gasteiger partial charge is 0.316 e. The number of aromatic nitrogens is 2. The lowest BCUT2D eigenvalue weighted by atomic mass is 10.2. The van der Waals surface area contributed by atoms with Gasteiger partial charge in [-0.1, -0.05) is 23.7 Å². The van der Waals surface area contributed by atoms with Gasteiger partial charge in [0.15, 0.2) is 5.15 Å². The Kier molecular flexibility index (Phi) is 3.68. The molecule has 0 amide bonds. The fourth-order valence-electron chi connectivity index (χ4n) is 2.11. The van der Waals surface area contributed by atoms with Crippen molar-refractivity contribution in [3.05, 3.63) is 29.4 Å². The lowest BCUT2D eigenvalue weighted by Gasteiger charge is -2.08. The highest BCUT2D eigenvalue weighted by Crippen LogP contribution is 2.28. The SMILES string of the molecule is Clc1nc2ccccc2nc1SCC1CCNC1. The molecule has 1 atom stereocenters. The maximum atomic E-state index is 6.18. The molecule has 0 bridgehead atoms. The summed E-state index contributed by atoms with van der Waals surface area (Å²) in [6.07, 6.45) is 1.24. The van der Waals surface area contributed by atoms with Crippen molar-refractivity contribution in [1.82, 2.24) is 15.3 Å². The third-order valence-corrected chi connectivity index (χ3v) is 4.69. The van der Waals surface area contributed by atoms with Crippen molar-refractivity contribution < 1.29 is 0 Å². The molecule has 5 heteroatoms. The van der Waals surface area contributed by atoms with E-state index < -0.39 is 0 Å². The van der Waals surface area contributed by atoms with Crippen LogP contribution in [0, 0.1) is 5.92 Å². The highest BCUT2D eigenvalue weighted by molar-refractivity contribution is 7.99. The number of hydrogen-bond donors (Lipinski definition) is 1. The van der Waals surface area contributed by atoms with E-state index in [1.807, 2.05) is 24.3 Å². The number of halogens is 1. The Balaban J connectivity index is 1.80. The molecular formula is C13H14ClN3S. The number of rotatable bonds is 3. The molecule has 0 saturated carbocycles. The predicted octanol–water partition coefficient (Wildman–Crippen LogP) is 2.98. The molecule has 1 N–H and O–H groups in total. The first-order chi connectivity index (χ1) is 8.83. The van der Waals surface area contributed by atoms with Crippen LogP contribution in [-0.4, -0.2) is 28.8 Å². The monoisotopic (exact) mass is 279 g/mol. The minimum atomic E-state index is 0.518. The predicted molar refractivity (Wildman–Crippen MR) is 76.2 cm³/mol. The van der Waals surface area contributed by atoms with E-state index in [4.69, 9.17) is 11.6 Å². The van der Waals surface area contributed by atoms with Gasteiger partial charge in [-0.15, -0.1) is 11.8 Å². The Morgan fingerprint density at radius 3 is 2.78 bits per heavy atom. The molecule has 1 aliphatic rings. The van der Waals surface area contributed by atoms with Crippen LogP contribution in [0.1, 0.15) is 6.42 Å². The quantitative estimate of drug-likeness (QED) is 0.877. The Morgan fingerprint density at radius 1 is 1.28 bits per heavy atom. The van der Waals surface area contributed by atoms with Crippen LogP contribution in [0.3, 0.4) is 0 Å². The summed E-state index contributed by atoms with van der Waals surface area (Å²) < 4.78 is 0. The van der Waals surface area contributed by atoms with Crippen LogP contribution in [-0.2, 0) is 0 Å². The molecule has 3 rings (SSSR count). The van der Waals surface area contributed by atoms with Gasteiger partial charge in [0, 0.05) is 5.75 Å². The Hall–Kier alpha value is -0.840. The van der Waals surface area contributed by atoms with Crippen molar-refractivity contribution in [3.63, 3.8) is 0 Å². The van der Waals surface area contributed by atoms with E-state index in [0.29, 0.717) is 5.15 Å². The molecule has 3 nitrogen and oxygen atoms in total. The van der Waals surface area contributed by atoms with E-state index >= 15 is 0 Å². The third kappa shape index (κ3) is 2.60. The molecule has 1 aromatic heterocycles. The summed E-state index contributed by atoms with van der Waals surface area (Å²) in [4.78, 5) is 8.97. The second kappa shape index (κ2) is 5.43. The van der Waals surface area contributed by atoms with Crippen LogP contribution in [0.5, 0.6) is 0 Å². The first kappa shape index (κ1) is 12.2. The lowest BCUT2D eigenvalue weighted by Crippen LogP contribution is -2.10. The number of nitrogens with one attached hydrogen (secondary N) is 1. The Morgan fingerprint density at radius 2 is 2.06 bits per heavy atom. The Bertz CT molecular complexity index is 555. The van der Waals surface area contributed by atoms with Crippen LogP contribution in [0.4, 0.5) is 0 Å². The van der Waals surface area contributed by atoms with Crippen LogP contribution >= 0.6 is 23.4 Å². The summed E-state index contributed by atoms with van der Waals surface area (Å²) >= 11 is 7.89. The van der Waals surface area contributed by atoms with Crippen LogP contribution in [0.25, 0.3) is 11.0 Å². The smallest absolute Gasteiger partial charge is 0.161 e. The molecular weight excluding hydrogens is 266 g/mol. The number of benzene rings is 1. The lowest BCUT2D eigenvalue weighted by molar-refractivity contribution is 0.662. The minimum absolute atomic E-state index is 0.518. The van der Waals surface area contributed by atoms with Crippen molar-refractivity contribution in [2.75, 3.05) is 18.8 Å². The molecule has 0 aliphatic carbocycles. The average Bonchev–Trinajstić information content (AvgIpc) is 2.89. The minimum Gasteiger partial charge on any atom is -0.316 e. The second-order valence-corrected chi connectivity index (χ2v) is 5.84. The summed E-state index contributed by atoms with van der Waals surface area (Å²) in [5.74, 6) is 1.78. The number of para-hydroxylation sites is 2. The van der Waals surface area contributed by atoms with Gasteiger partial charge >= 0.3 is 0 Å². The normalized spacial score (nSPS) is 19.5. The summed E-state index contributed by atoms with van der Waals surface area (Å²) in [6, 6.07) is 7.83. The summed E-state index contributed by atoms with van der Waals surface area (Å²) in [5.41, 5.74) is 1.77. The molecule has 1 unspecified atom stereocenters. The maximum absolute atomic E-state index is 6.18. The molecule has 1 aliphatic heterocycles. The molecule has 2 heterocycles. The van der Waals surface area contributed by atoms with E-state index in [1.165, 1.54) is 6.42 Å². The third-order valence-electron chi connectivity index (χ3n) is 3.12. The summed E-state index contributed by atoms with van der Waals surface area (Å²) in [7, 11) is 0. The highest BCUT2D eigenvalue weighted by atomic mass is 35.5. The van der Waals surface area contributed by atoms with Crippen molar-refractivity contribution >= 4 is 34.4 Å². The number of fused-ring (bicyclic) bond motifs is 1. The molecule has 1 saturated heterocycles. The molecule has 0 spiro atoms. The van der Waals surface area contributed by atoms with Crippen LogP contribution in [0.2, 0.25) is 5.15 Å². The Labute approximate surface area is 115 Å². The van der Waals surface area contributed by atoms with Crippen molar-refractivity contribution in [2.24, 2.45) is 5.92 Å². The fourth-order valence-corrected chi connectivity index (χ4v) is 3.41. The number of thioether (sulfide) groups is 1. The summed E-state index contributed by atoms with van der Waals surface area (Å²) in [5, 5.41) is 4.74. The van der Waals surface area contributed by atoms with Crippen molar-refractivity contribution in [1.29, 1.82) is 0 Å². The van der Waals surface area contributed by atoms with E-state index in [9.17, 15) is 0 Å². The van der Waals surface area contributed by atoms with Crippen molar-refractivity contribution in [3.8, 4) is 0 Å². The first-order valence-corrected chi connectivity index (χ1v) is 7.45. The van der Waals surface area contributed by atoms with Gasteiger partial charge in [0.1, 0.15) is 5.03 Å². The van der Waals surface area contributed by atoms with Gasteiger partial charge in [-0.05, 0) is 37.6 Å². The van der Waals surface area contributed by atoms with Gasteiger partial charge < -0.3 is 5.32 Å². The standard InChI is InChI=1S/C13H14ClN3S/c14-12-13(18-8-9-5-6-15-7-9)17-11-4-2-1-3-10(11)16-12/h1-4,9,15H,5-8H2. The molecule has 0 radical (unpaired) electrons. The average molecular weight is 280 g/mol. The highest BCUT2D eigenvalue weighted by Gasteiger charge is 2.16. The van der Waals surface area contributed by atoms with Crippen molar-refractivity contribution in [2.45, 2.75) is 11.4 Å². The molecule has 18 heavy (non-hydrogen) atoms. The van der Waals surface area contributed by atoms with E-state index in [1.54, 1.807) is 11.8 Å². The van der Waals surface area contributed by atoms with Gasteiger partial charge in [0.05, 0.1) is 11.0 Å². The zero-order valence-electron chi connectivity index (χ0n) is 9.90. The summed E-state index contributed by atoms with van der Waals surface area (Å²) in [6.45, 7) is 2.23. The van der Waals surface area contributed by atoms with Crippen LogP contribution in [0.15, 0.2) is 29.3 Å². The topological polar surface area (TPSA) is 37.8 Å². The zero-order valence-corrected chi connectivity index (χ0v) is 11.5. The zero-order chi connectivity index (χ0) is 12.4. The maximum Gasteiger partial charge on any atom is 0.161 e. The molecule has 1 aromatic carbocycles. The number of nitrogens with zero attached hydrogens (tertiary/aromatic N) is 2. The number of hydrogen-bond acceptors (Lipinski definition) is 4. The van der Waals surface area contributed by atoms with Crippen LogP contribution < -0.4 is 5.32 Å². The molecule has 1 fully saturated rings. The van der Waals surface area contributed by atoms with Gasteiger partial charge in [-0.3, -0.25) is 0 Å². The molecule has 2 aromatic rings. The van der Waals surface area contributed by atoms with E-state index in [-0.39, 0.29) is 0 Å². The van der Waals surface area contributed by atoms with Gasteiger partial charge in [-0.2, -0.15) is 0 Å².